The molecule has 22 heavy (non-hydrogen) atoms. The van der Waals surface area contributed by atoms with Gasteiger partial charge in [-0.15, -0.1) is 11.3 Å². The highest BCUT2D eigenvalue weighted by atomic mass is 32.1. The molecule has 114 valence electrons. The van der Waals surface area contributed by atoms with Gasteiger partial charge in [-0.05, 0) is 20.8 Å². The summed E-state index contributed by atoms with van der Waals surface area (Å²) in [5, 5.41) is 8.56. The van der Waals surface area contributed by atoms with Crippen LogP contribution in [0.25, 0.3) is 10.6 Å². The van der Waals surface area contributed by atoms with Crippen LogP contribution in [0.4, 0.5) is 0 Å². The second-order valence-electron chi connectivity index (χ2n) is 5.37. The summed E-state index contributed by atoms with van der Waals surface area (Å²) in [6.45, 7) is 6.81. The number of hydrogen-bond donors (Lipinski definition) is 1. The van der Waals surface area contributed by atoms with Crippen molar-refractivity contribution in [2.24, 2.45) is 0 Å². The zero-order chi connectivity index (χ0) is 15.5. The normalized spacial score (nSPS) is 12.5. The van der Waals surface area contributed by atoms with Crippen LogP contribution in [0, 0.1) is 13.8 Å². The number of benzene rings is 1. The fourth-order valence-electron chi connectivity index (χ4n) is 2.37. The molecule has 3 aromatic rings. The van der Waals surface area contributed by atoms with E-state index in [-0.39, 0.29) is 6.04 Å². The third kappa shape index (κ3) is 3.26. The highest BCUT2D eigenvalue weighted by Crippen LogP contribution is 2.31. The molecule has 0 saturated carbocycles. The van der Waals surface area contributed by atoms with Crippen molar-refractivity contribution in [2.45, 2.75) is 33.4 Å². The summed E-state index contributed by atoms with van der Waals surface area (Å²) in [5.41, 5.74) is 3.18. The Morgan fingerprint density at radius 2 is 2.00 bits per heavy atom. The number of hydrogen-bond acceptors (Lipinski definition) is 5. The van der Waals surface area contributed by atoms with Crippen molar-refractivity contribution in [3.05, 3.63) is 58.4 Å². The standard InChI is InChI=1S/C17H19N3OS/c1-11-9-15(20-21-11)10-18-12(2)16-13(3)19-17(22-16)14-7-5-4-6-8-14/h4-9,12,18H,10H2,1-3H3. The number of nitrogens with zero attached hydrogens (tertiary/aromatic N) is 2. The van der Waals surface area contributed by atoms with Crippen LogP contribution in [0.2, 0.25) is 0 Å². The molecule has 0 fully saturated rings. The summed E-state index contributed by atoms with van der Waals surface area (Å²) in [4.78, 5) is 5.97. The Kier molecular flexibility index (Phi) is 4.36. The predicted octanol–water partition coefficient (Wildman–Crippen LogP) is 4.27. The molecule has 0 aliphatic carbocycles. The first-order valence-corrected chi connectivity index (χ1v) is 8.13. The Morgan fingerprint density at radius 3 is 2.68 bits per heavy atom. The minimum Gasteiger partial charge on any atom is -0.361 e. The first-order valence-electron chi connectivity index (χ1n) is 7.32. The van der Waals surface area contributed by atoms with E-state index in [0.717, 1.165) is 22.2 Å². The lowest BCUT2D eigenvalue weighted by Crippen LogP contribution is -2.18. The summed E-state index contributed by atoms with van der Waals surface area (Å²) in [6.07, 6.45) is 0. The number of nitrogens with one attached hydrogen (secondary N) is 1. The molecular weight excluding hydrogens is 294 g/mol. The quantitative estimate of drug-likeness (QED) is 0.764. The largest absolute Gasteiger partial charge is 0.361 e. The minimum atomic E-state index is 0.229. The van der Waals surface area contributed by atoms with Gasteiger partial charge in [-0.1, -0.05) is 35.5 Å². The first-order chi connectivity index (χ1) is 10.6. The monoisotopic (exact) mass is 313 g/mol. The Bertz CT molecular complexity index is 748. The molecule has 0 saturated heterocycles. The van der Waals surface area contributed by atoms with Crippen molar-refractivity contribution in [2.75, 3.05) is 0 Å². The van der Waals surface area contributed by atoms with Gasteiger partial charge in [0.1, 0.15) is 10.8 Å². The maximum absolute atomic E-state index is 5.09. The lowest BCUT2D eigenvalue weighted by atomic mass is 10.2. The second-order valence-corrected chi connectivity index (χ2v) is 6.40. The van der Waals surface area contributed by atoms with Gasteiger partial charge in [0.05, 0.1) is 11.4 Å². The molecule has 4 nitrogen and oxygen atoms in total. The number of aromatic nitrogens is 2. The zero-order valence-corrected chi connectivity index (χ0v) is 13.8. The minimum absolute atomic E-state index is 0.229. The summed E-state index contributed by atoms with van der Waals surface area (Å²) < 4.78 is 5.09. The van der Waals surface area contributed by atoms with Gasteiger partial charge < -0.3 is 9.84 Å². The van der Waals surface area contributed by atoms with E-state index in [1.807, 2.05) is 31.2 Å². The zero-order valence-electron chi connectivity index (χ0n) is 13.0. The lowest BCUT2D eigenvalue weighted by molar-refractivity contribution is 0.386. The van der Waals surface area contributed by atoms with Gasteiger partial charge in [-0.2, -0.15) is 0 Å². The second kappa shape index (κ2) is 6.42. The molecule has 1 N–H and O–H groups in total. The van der Waals surface area contributed by atoms with Crippen LogP contribution in [-0.2, 0) is 6.54 Å². The molecule has 2 aromatic heterocycles. The highest BCUT2D eigenvalue weighted by Gasteiger charge is 2.15. The summed E-state index contributed by atoms with van der Waals surface area (Å²) in [6, 6.07) is 12.5. The molecular formula is C17H19N3OS. The van der Waals surface area contributed by atoms with Gasteiger partial charge in [0.15, 0.2) is 0 Å². The van der Waals surface area contributed by atoms with Crippen LogP contribution in [0.3, 0.4) is 0 Å². The summed E-state index contributed by atoms with van der Waals surface area (Å²) in [7, 11) is 0. The Hall–Kier alpha value is -1.98. The topological polar surface area (TPSA) is 51.0 Å². The number of aryl methyl sites for hydroxylation is 2. The fraction of sp³-hybridized carbons (Fsp3) is 0.294. The van der Waals surface area contributed by atoms with Crippen LogP contribution in [-0.4, -0.2) is 10.1 Å². The van der Waals surface area contributed by atoms with Crippen LogP contribution < -0.4 is 5.32 Å². The van der Waals surface area contributed by atoms with E-state index < -0.39 is 0 Å². The van der Waals surface area contributed by atoms with Crippen LogP contribution in [0.15, 0.2) is 40.9 Å². The molecule has 3 rings (SSSR count). The van der Waals surface area contributed by atoms with E-state index >= 15 is 0 Å². The van der Waals surface area contributed by atoms with E-state index in [1.54, 1.807) is 11.3 Å². The molecule has 1 unspecified atom stereocenters. The van der Waals surface area contributed by atoms with Crippen molar-refractivity contribution in [1.29, 1.82) is 0 Å². The van der Waals surface area contributed by atoms with Gasteiger partial charge in [0.25, 0.3) is 0 Å². The molecule has 0 aliphatic rings. The molecule has 1 aromatic carbocycles. The van der Waals surface area contributed by atoms with Crippen molar-refractivity contribution in [1.82, 2.24) is 15.5 Å². The fourth-order valence-corrected chi connectivity index (χ4v) is 3.46. The third-order valence-corrected chi connectivity index (χ3v) is 4.90. The molecule has 0 amide bonds. The average Bonchev–Trinajstić information content (AvgIpc) is 3.12. The SMILES string of the molecule is Cc1cc(CNC(C)c2sc(-c3ccccc3)nc2C)no1. The summed E-state index contributed by atoms with van der Waals surface area (Å²) in [5.74, 6) is 0.838. The van der Waals surface area contributed by atoms with Crippen LogP contribution in [0.1, 0.15) is 35.0 Å². The Labute approximate surface area is 134 Å². The number of rotatable bonds is 5. The Balaban J connectivity index is 1.72. The number of thiazole rings is 1. The van der Waals surface area contributed by atoms with Gasteiger partial charge >= 0.3 is 0 Å². The van der Waals surface area contributed by atoms with E-state index in [9.17, 15) is 0 Å². The Morgan fingerprint density at radius 1 is 1.23 bits per heavy atom. The van der Waals surface area contributed by atoms with Crippen molar-refractivity contribution in [3.63, 3.8) is 0 Å². The average molecular weight is 313 g/mol. The van der Waals surface area contributed by atoms with Gasteiger partial charge in [-0.3, -0.25) is 0 Å². The third-order valence-electron chi connectivity index (χ3n) is 3.51. The predicted molar refractivity (Wildman–Crippen MR) is 88.8 cm³/mol. The molecule has 0 aliphatic heterocycles. The van der Waals surface area contributed by atoms with Gasteiger partial charge in [0.2, 0.25) is 0 Å². The van der Waals surface area contributed by atoms with E-state index in [1.165, 1.54) is 10.4 Å². The summed E-state index contributed by atoms with van der Waals surface area (Å²) >= 11 is 1.74. The van der Waals surface area contributed by atoms with E-state index in [0.29, 0.717) is 6.54 Å². The molecule has 2 heterocycles. The van der Waals surface area contributed by atoms with Crippen LogP contribution in [0.5, 0.6) is 0 Å². The highest BCUT2D eigenvalue weighted by molar-refractivity contribution is 7.15. The lowest BCUT2D eigenvalue weighted by Gasteiger charge is -2.11. The molecule has 0 radical (unpaired) electrons. The molecule has 1 atom stereocenters. The smallest absolute Gasteiger partial charge is 0.133 e. The van der Waals surface area contributed by atoms with Crippen molar-refractivity contribution in [3.8, 4) is 10.6 Å². The van der Waals surface area contributed by atoms with Crippen molar-refractivity contribution >= 4 is 11.3 Å². The van der Waals surface area contributed by atoms with Gasteiger partial charge in [0, 0.05) is 29.1 Å². The molecule has 0 bridgehead atoms. The van der Waals surface area contributed by atoms with E-state index in [4.69, 9.17) is 9.51 Å². The molecule has 5 heteroatoms. The maximum Gasteiger partial charge on any atom is 0.133 e. The molecule has 0 spiro atoms. The van der Waals surface area contributed by atoms with Gasteiger partial charge in [-0.25, -0.2) is 4.98 Å². The maximum atomic E-state index is 5.09. The van der Waals surface area contributed by atoms with Crippen molar-refractivity contribution < 1.29 is 4.52 Å². The first kappa shape index (κ1) is 14.9. The van der Waals surface area contributed by atoms with E-state index in [2.05, 4.69) is 36.5 Å². The van der Waals surface area contributed by atoms with Crippen LogP contribution >= 0.6 is 11.3 Å².